The molecule has 0 radical (unpaired) electrons. The van der Waals surface area contributed by atoms with Crippen molar-refractivity contribution >= 4 is 0 Å². The van der Waals surface area contributed by atoms with Crippen LogP contribution in [0.2, 0.25) is 0 Å². The van der Waals surface area contributed by atoms with Crippen molar-refractivity contribution in [2.75, 3.05) is 0 Å². The molecule has 0 unspecified atom stereocenters. The lowest BCUT2D eigenvalue weighted by Crippen LogP contribution is -1.93. The average Bonchev–Trinajstić information content (AvgIpc) is 2.61. The largest absolute Gasteiger partial charge is 0.508 e. The summed E-state index contributed by atoms with van der Waals surface area (Å²) in [5.41, 5.74) is 3.32. The van der Waals surface area contributed by atoms with Crippen LogP contribution in [0.5, 0.6) is 5.75 Å². The summed E-state index contributed by atoms with van der Waals surface area (Å²) in [5.74, 6) is 0.684. The fourth-order valence-corrected chi connectivity index (χ4v) is 1.80. The van der Waals surface area contributed by atoms with Crippen molar-refractivity contribution in [2.45, 2.75) is 19.8 Å². The van der Waals surface area contributed by atoms with Gasteiger partial charge in [-0.25, -0.2) is 0 Å². The van der Waals surface area contributed by atoms with Crippen LogP contribution in [0.15, 0.2) is 30.5 Å². The van der Waals surface area contributed by atoms with Gasteiger partial charge in [-0.1, -0.05) is 26.0 Å². The van der Waals surface area contributed by atoms with Crippen LogP contribution < -0.4 is 0 Å². The highest BCUT2D eigenvalue weighted by Crippen LogP contribution is 2.28. The summed E-state index contributed by atoms with van der Waals surface area (Å²) in [4.78, 5) is 0. The standard InChI is InChI=1S/C13H16N2O/c1-9(2)13-12(8-15(3)14-13)10-4-6-11(16)7-5-10/h4-9,16H,1-3H3. The minimum atomic E-state index is 0.290. The summed E-state index contributed by atoms with van der Waals surface area (Å²) in [6.07, 6.45) is 2.02. The molecule has 1 aromatic carbocycles. The Bertz CT molecular complexity index is 483. The molecule has 2 rings (SSSR count). The first-order valence-corrected chi connectivity index (χ1v) is 5.41. The maximum atomic E-state index is 9.27. The summed E-state index contributed by atoms with van der Waals surface area (Å²) in [6, 6.07) is 7.23. The molecule has 0 atom stereocenters. The van der Waals surface area contributed by atoms with Crippen molar-refractivity contribution in [3.63, 3.8) is 0 Å². The maximum absolute atomic E-state index is 9.27. The zero-order chi connectivity index (χ0) is 11.7. The van der Waals surface area contributed by atoms with Gasteiger partial charge in [0.2, 0.25) is 0 Å². The predicted octanol–water partition coefficient (Wildman–Crippen LogP) is 2.92. The normalized spacial score (nSPS) is 11.0. The summed E-state index contributed by atoms with van der Waals surface area (Å²) in [6.45, 7) is 4.26. The molecule has 0 aliphatic heterocycles. The van der Waals surface area contributed by atoms with Gasteiger partial charge in [0.1, 0.15) is 5.75 Å². The van der Waals surface area contributed by atoms with E-state index in [1.807, 2.05) is 30.1 Å². The second-order valence-corrected chi connectivity index (χ2v) is 4.30. The van der Waals surface area contributed by atoms with E-state index in [0.717, 1.165) is 16.8 Å². The third kappa shape index (κ3) is 1.94. The van der Waals surface area contributed by atoms with Crippen molar-refractivity contribution in [3.8, 4) is 16.9 Å². The number of aryl methyl sites for hydroxylation is 1. The van der Waals surface area contributed by atoms with Crippen LogP contribution >= 0.6 is 0 Å². The van der Waals surface area contributed by atoms with Crippen LogP contribution in [0, 0.1) is 0 Å². The molecule has 0 saturated carbocycles. The number of rotatable bonds is 2. The number of phenols is 1. The molecule has 0 fully saturated rings. The summed E-state index contributed by atoms with van der Waals surface area (Å²) >= 11 is 0. The van der Waals surface area contributed by atoms with Gasteiger partial charge < -0.3 is 5.11 Å². The van der Waals surface area contributed by atoms with E-state index >= 15 is 0 Å². The van der Waals surface area contributed by atoms with E-state index in [0.29, 0.717) is 11.7 Å². The van der Waals surface area contributed by atoms with Crippen LogP contribution in [0.3, 0.4) is 0 Å². The highest BCUT2D eigenvalue weighted by Gasteiger charge is 2.12. The van der Waals surface area contributed by atoms with Crippen LogP contribution in [0.25, 0.3) is 11.1 Å². The Hall–Kier alpha value is -1.77. The number of hydrogen-bond acceptors (Lipinski definition) is 2. The molecule has 0 saturated heterocycles. The lowest BCUT2D eigenvalue weighted by Gasteiger charge is -2.05. The Morgan fingerprint density at radius 3 is 2.38 bits per heavy atom. The number of aromatic nitrogens is 2. The molecule has 0 bridgehead atoms. The van der Waals surface area contributed by atoms with Gasteiger partial charge in [0.15, 0.2) is 0 Å². The smallest absolute Gasteiger partial charge is 0.115 e. The Morgan fingerprint density at radius 1 is 1.19 bits per heavy atom. The fraction of sp³-hybridized carbons (Fsp3) is 0.308. The topological polar surface area (TPSA) is 38.0 Å². The highest BCUT2D eigenvalue weighted by molar-refractivity contribution is 5.66. The molecule has 0 spiro atoms. The first-order valence-electron chi connectivity index (χ1n) is 5.41. The summed E-state index contributed by atoms with van der Waals surface area (Å²) in [7, 11) is 1.93. The maximum Gasteiger partial charge on any atom is 0.115 e. The Labute approximate surface area is 95.3 Å². The molecule has 3 nitrogen and oxygen atoms in total. The zero-order valence-corrected chi connectivity index (χ0v) is 9.81. The van der Waals surface area contributed by atoms with Crippen molar-refractivity contribution in [1.29, 1.82) is 0 Å². The van der Waals surface area contributed by atoms with Crippen molar-refractivity contribution in [3.05, 3.63) is 36.2 Å². The van der Waals surface area contributed by atoms with Gasteiger partial charge in [-0.3, -0.25) is 4.68 Å². The lowest BCUT2D eigenvalue weighted by atomic mass is 10.0. The Morgan fingerprint density at radius 2 is 1.81 bits per heavy atom. The second-order valence-electron chi connectivity index (χ2n) is 4.30. The van der Waals surface area contributed by atoms with Crippen molar-refractivity contribution < 1.29 is 5.11 Å². The average molecular weight is 216 g/mol. The van der Waals surface area contributed by atoms with Gasteiger partial charge in [-0.15, -0.1) is 0 Å². The fourth-order valence-electron chi connectivity index (χ4n) is 1.80. The van der Waals surface area contributed by atoms with Crippen LogP contribution in [0.4, 0.5) is 0 Å². The van der Waals surface area contributed by atoms with Crippen LogP contribution in [-0.2, 0) is 7.05 Å². The molecular weight excluding hydrogens is 200 g/mol. The van der Waals surface area contributed by atoms with E-state index < -0.39 is 0 Å². The first kappa shape index (κ1) is 10.7. The second kappa shape index (κ2) is 4.00. The summed E-state index contributed by atoms with van der Waals surface area (Å²) in [5, 5.41) is 13.7. The van der Waals surface area contributed by atoms with Gasteiger partial charge in [-0.05, 0) is 23.6 Å². The minimum absolute atomic E-state index is 0.290. The third-order valence-corrected chi connectivity index (χ3v) is 2.58. The van der Waals surface area contributed by atoms with Crippen molar-refractivity contribution in [2.24, 2.45) is 7.05 Å². The Balaban J connectivity index is 2.50. The monoisotopic (exact) mass is 216 g/mol. The molecule has 1 N–H and O–H groups in total. The number of benzene rings is 1. The van der Waals surface area contributed by atoms with Gasteiger partial charge in [0, 0.05) is 18.8 Å². The van der Waals surface area contributed by atoms with Crippen molar-refractivity contribution in [1.82, 2.24) is 9.78 Å². The molecule has 0 aliphatic rings. The Kier molecular flexibility index (Phi) is 2.69. The van der Waals surface area contributed by atoms with Gasteiger partial charge in [0.25, 0.3) is 0 Å². The van der Waals surface area contributed by atoms with E-state index in [-0.39, 0.29) is 0 Å². The van der Waals surface area contributed by atoms with Crippen LogP contribution in [0.1, 0.15) is 25.5 Å². The molecule has 1 aromatic heterocycles. The number of nitrogens with zero attached hydrogens (tertiary/aromatic N) is 2. The third-order valence-electron chi connectivity index (χ3n) is 2.58. The van der Waals surface area contributed by atoms with E-state index in [2.05, 4.69) is 18.9 Å². The van der Waals surface area contributed by atoms with Gasteiger partial charge in [0.05, 0.1) is 5.69 Å². The number of hydrogen-bond donors (Lipinski definition) is 1. The molecule has 0 aliphatic carbocycles. The molecule has 16 heavy (non-hydrogen) atoms. The van der Waals surface area contributed by atoms with Gasteiger partial charge in [-0.2, -0.15) is 5.10 Å². The molecule has 84 valence electrons. The van der Waals surface area contributed by atoms with E-state index in [9.17, 15) is 5.11 Å². The number of aromatic hydroxyl groups is 1. The highest BCUT2D eigenvalue weighted by atomic mass is 16.3. The van der Waals surface area contributed by atoms with E-state index in [1.165, 1.54) is 0 Å². The molecule has 1 heterocycles. The number of phenolic OH excluding ortho intramolecular Hbond substituents is 1. The SMILES string of the molecule is CC(C)c1nn(C)cc1-c1ccc(O)cc1. The molecule has 2 aromatic rings. The van der Waals surface area contributed by atoms with Crippen LogP contribution in [-0.4, -0.2) is 14.9 Å². The minimum Gasteiger partial charge on any atom is -0.508 e. The van der Waals surface area contributed by atoms with Gasteiger partial charge >= 0.3 is 0 Å². The quantitative estimate of drug-likeness (QED) is 0.838. The van der Waals surface area contributed by atoms with E-state index in [4.69, 9.17) is 0 Å². The molecule has 0 amide bonds. The zero-order valence-electron chi connectivity index (χ0n) is 9.81. The van der Waals surface area contributed by atoms with E-state index in [1.54, 1.807) is 12.1 Å². The summed E-state index contributed by atoms with van der Waals surface area (Å²) < 4.78 is 1.83. The molecular formula is C13H16N2O. The predicted molar refractivity (Wildman–Crippen MR) is 64.4 cm³/mol. The first-order chi connectivity index (χ1) is 7.58. The molecule has 3 heteroatoms. The lowest BCUT2D eigenvalue weighted by molar-refractivity contribution is 0.475.